The third-order valence-electron chi connectivity index (χ3n) is 5.70. The SMILES string of the molecule is Cc1ccccc1-n1c(-c2ccc(Cl)cc2)nn(CN2CCCC2C(=O)N(C)C)c1=S. The molecule has 0 aliphatic carbocycles. The first-order valence-electron chi connectivity index (χ1n) is 10.3. The van der Waals surface area contributed by atoms with E-state index in [-0.39, 0.29) is 11.9 Å². The molecule has 1 aromatic heterocycles. The predicted molar refractivity (Wildman–Crippen MR) is 126 cm³/mol. The first-order chi connectivity index (χ1) is 14.9. The fourth-order valence-corrected chi connectivity index (χ4v) is 4.47. The summed E-state index contributed by atoms with van der Waals surface area (Å²) in [5, 5.41) is 5.57. The van der Waals surface area contributed by atoms with Crippen LogP contribution in [0, 0.1) is 11.7 Å². The van der Waals surface area contributed by atoms with Crippen LogP contribution in [0.2, 0.25) is 5.02 Å². The van der Waals surface area contributed by atoms with Gasteiger partial charge in [-0.1, -0.05) is 29.8 Å². The van der Waals surface area contributed by atoms with Crippen molar-refractivity contribution in [3.05, 3.63) is 63.9 Å². The fraction of sp³-hybridized carbons (Fsp3) is 0.348. The van der Waals surface area contributed by atoms with Gasteiger partial charge in [-0.2, -0.15) is 0 Å². The molecule has 6 nitrogen and oxygen atoms in total. The van der Waals surface area contributed by atoms with Gasteiger partial charge in [0.05, 0.1) is 18.4 Å². The predicted octanol–water partition coefficient (Wildman–Crippen LogP) is 4.54. The standard InChI is InChI=1S/C23H26ClN5OS/c1-16-7-4-5-8-19(16)29-21(17-10-12-18(24)13-11-17)25-28(23(29)31)15-27-14-6-9-20(27)22(30)26(2)3/h4-5,7-8,10-13,20H,6,9,14-15H2,1-3H3. The lowest BCUT2D eigenvalue weighted by molar-refractivity contribution is -0.134. The van der Waals surface area contributed by atoms with Gasteiger partial charge in [0.25, 0.3) is 0 Å². The van der Waals surface area contributed by atoms with Gasteiger partial charge < -0.3 is 4.90 Å². The van der Waals surface area contributed by atoms with E-state index in [0.29, 0.717) is 16.5 Å². The lowest BCUT2D eigenvalue weighted by atomic mass is 10.1. The molecule has 1 aliphatic heterocycles. The summed E-state index contributed by atoms with van der Waals surface area (Å²) < 4.78 is 4.43. The van der Waals surface area contributed by atoms with Crippen LogP contribution < -0.4 is 0 Å². The zero-order chi connectivity index (χ0) is 22.1. The second-order valence-corrected chi connectivity index (χ2v) is 8.88. The normalized spacial score (nSPS) is 16.6. The summed E-state index contributed by atoms with van der Waals surface area (Å²) in [6.07, 6.45) is 1.84. The van der Waals surface area contributed by atoms with Crippen LogP contribution in [-0.4, -0.2) is 56.7 Å². The van der Waals surface area contributed by atoms with Crippen LogP contribution in [0.25, 0.3) is 17.1 Å². The first kappa shape index (κ1) is 21.7. The van der Waals surface area contributed by atoms with E-state index >= 15 is 0 Å². The second kappa shape index (κ2) is 8.94. The molecule has 1 fully saturated rings. The van der Waals surface area contributed by atoms with Crippen molar-refractivity contribution in [3.8, 4) is 17.1 Å². The molecule has 2 heterocycles. The Bertz CT molecular complexity index is 1150. The van der Waals surface area contributed by atoms with Crippen LogP contribution in [-0.2, 0) is 11.5 Å². The summed E-state index contributed by atoms with van der Waals surface area (Å²) in [5.74, 6) is 0.880. The molecule has 8 heteroatoms. The number of rotatable bonds is 5. The van der Waals surface area contributed by atoms with Crippen molar-refractivity contribution >= 4 is 29.7 Å². The molecule has 1 atom stereocenters. The minimum Gasteiger partial charge on any atom is -0.347 e. The van der Waals surface area contributed by atoms with Gasteiger partial charge in [0, 0.05) is 31.2 Å². The number of likely N-dealkylation sites (tertiary alicyclic amines) is 1. The van der Waals surface area contributed by atoms with Gasteiger partial charge in [-0.25, -0.2) is 4.68 Å². The van der Waals surface area contributed by atoms with Crippen LogP contribution in [0.1, 0.15) is 18.4 Å². The van der Waals surface area contributed by atoms with E-state index in [1.165, 1.54) is 0 Å². The fourth-order valence-electron chi connectivity index (χ4n) is 4.06. The zero-order valence-electron chi connectivity index (χ0n) is 18.0. The summed E-state index contributed by atoms with van der Waals surface area (Å²) in [4.78, 5) is 16.5. The molecular weight excluding hydrogens is 430 g/mol. The van der Waals surface area contributed by atoms with E-state index in [4.69, 9.17) is 28.9 Å². The highest BCUT2D eigenvalue weighted by atomic mass is 35.5. The van der Waals surface area contributed by atoms with Gasteiger partial charge in [-0.15, -0.1) is 5.10 Å². The van der Waals surface area contributed by atoms with Crippen molar-refractivity contribution in [1.82, 2.24) is 24.1 Å². The van der Waals surface area contributed by atoms with Crippen molar-refractivity contribution in [2.75, 3.05) is 20.6 Å². The maximum absolute atomic E-state index is 12.6. The number of halogens is 1. The number of benzene rings is 2. The Balaban J connectivity index is 1.79. The third kappa shape index (κ3) is 4.31. The number of carbonyl (C=O) groups excluding carboxylic acids is 1. The van der Waals surface area contributed by atoms with Crippen LogP contribution in [0.5, 0.6) is 0 Å². The number of aromatic nitrogens is 3. The highest BCUT2D eigenvalue weighted by molar-refractivity contribution is 7.71. The smallest absolute Gasteiger partial charge is 0.239 e. The largest absolute Gasteiger partial charge is 0.347 e. The molecule has 1 saturated heterocycles. The van der Waals surface area contributed by atoms with E-state index in [9.17, 15) is 4.79 Å². The average molecular weight is 456 g/mol. The van der Waals surface area contributed by atoms with Crippen molar-refractivity contribution < 1.29 is 4.79 Å². The molecule has 3 aromatic rings. The Hall–Kier alpha value is -2.48. The molecule has 2 aromatic carbocycles. The van der Waals surface area contributed by atoms with E-state index in [1.807, 2.05) is 51.7 Å². The molecule has 1 amide bonds. The van der Waals surface area contributed by atoms with Crippen molar-refractivity contribution in [1.29, 1.82) is 0 Å². The van der Waals surface area contributed by atoms with Crippen molar-refractivity contribution in [2.45, 2.75) is 32.5 Å². The highest BCUT2D eigenvalue weighted by Crippen LogP contribution is 2.27. The average Bonchev–Trinajstić information content (AvgIpc) is 3.33. The second-order valence-electron chi connectivity index (χ2n) is 8.08. The number of nitrogens with zero attached hydrogens (tertiary/aromatic N) is 5. The minimum absolute atomic E-state index is 0.125. The summed E-state index contributed by atoms with van der Waals surface area (Å²) in [7, 11) is 3.60. The van der Waals surface area contributed by atoms with E-state index in [0.717, 1.165) is 42.0 Å². The Morgan fingerprint density at radius 1 is 1.19 bits per heavy atom. The molecule has 0 spiro atoms. The maximum atomic E-state index is 12.6. The number of hydrogen-bond donors (Lipinski definition) is 0. The van der Waals surface area contributed by atoms with E-state index in [2.05, 4.69) is 17.9 Å². The first-order valence-corrected chi connectivity index (χ1v) is 11.1. The number of aryl methyl sites for hydroxylation is 1. The lowest BCUT2D eigenvalue weighted by Crippen LogP contribution is -2.43. The molecular formula is C23H26ClN5OS. The highest BCUT2D eigenvalue weighted by Gasteiger charge is 2.32. The number of likely N-dealkylation sites (N-methyl/N-ethyl adjacent to an activating group) is 1. The number of hydrogen-bond acceptors (Lipinski definition) is 4. The molecule has 162 valence electrons. The van der Waals surface area contributed by atoms with Gasteiger partial charge in [0.2, 0.25) is 10.7 Å². The van der Waals surface area contributed by atoms with Gasteiger partial charge in [-0.3, -0.25) is 14.3 Å². The van der Waals surface area contributed by atoms with Crippen LogP contribution in [0.3, 0.4) is 0 Å². The summed E-state index contributed by atoms with van der Waals surface area (Å²) in [6, 6.07) is 15.6. The number of amides is 1. The van der Waals surface area contributed by atoms with E-state index < -0.39 is 0 Å². The number of para-hydroxylation sites is 1. The van der Waals surface area contributed by atoms with Crippen molar-refractivity contribution in [3.63, 3.8) is 0 Å². The third-order valence-corrected chi connectivity index (χ3v) is 6.35. The molecule has 0 saturated carbocycles. The molecule has 4 rings (SSSR count). The summed E-state index contributed by atoms with van der Waals surface area (Å²) in [6.45, 7) is 3.38. The molecule has 1 unspecified atom stereocenters. The zero-order valence-corrected chi connectivity index (χ0v) is 19.5. The summed E-state index contributed by atoms with van der Waals surface area (Å²) >= 11 is 12.0. The topological polar surface area (TPSA) is 46.3 Å². The molecule has 1 aliphatic rings. The maximum Gasteiger partial charge on any atom is 0.239 e. The molecule has 0 N–H and O–H groups in total. The Morgan fingerprint density at radius 2 is 1.90 bits per heavy atom. The van der Waals surface area contributed by atoms with Crippen LogP contribution >= 0.6 is 23.8 Å². The van der Waals surface area contributed by atoms with Crippen LogP contribution in [0.4, 0.5) is 0 Å². The minimum atomic E-state index is -0.139. The molecule has 0 radical (unpaired) electrons. The Labute approximate surface area is 192 Å². The quantitative estimate of drug-likeness (QED) is 0.530. The van der Waals surface area contributed by atoms with Gasteiger partial charge in [0.1, 0.15) is 0 Å². The van der Waals surface area contributed by atoms with Gasteiger partial charge >= 0.3 is 0 Å². The van der Waals surface area contributed by atoms with Crippen LogP contribution in [0.15, 0.2) is 48.5 Å². The molecule has 31 heavy (non-hydrogen) atoms. The number of carbonyl (C=O) groups is 1. The summed E-state index contributed by atoms with van der Waals surface area (Å²) in [5.41, 5.74) is 3.03. The van der Waals surface area contributed by atoms with E-state index in [1.54, 1.807) is 19.0 Å². The Kier molecular flexibility index (Phi) is 6.27. The lowest BCUT2D eigenvalue weighted by Gasteiger charge is -2.25. The Morgan fingerprint density at radius 3 is 2.58 bits per heavy atom. The molecule has 0 bridgehead atoms. The van der Waals surface area contributed by atoms with Gasteiger partial charge in [0.15, 0.2) is 5.82 Å². The van der Waals surface area contributed by atoms with Gasteiger partial charge in [-0.05, 0) is 67.9 Å². The van der Waals surface area contributed by atoms with Crippen molar-refractivity contribution in [2.24, 2.45) is 0 Å². The monoisotopic (exact) mass is 455 g/mol.